The quantitative estimate of drug-likeness (QED) is 0.120. The molecule has 0 saturated carbocycles. The maximum absolute atomic E-state index is 4.85. The van der Waals surface area contributed by atoms with Gasteiger partial charge in [-0.1, -0.05) is 169 Å². The van der Waals surface area contributed by atoms with Gasteiger partial charge in [0.1, 0.15) is 75.0 Å². The van der Waals surface area contributed by atoms with Crippen molar-refractivity contribution in [3.05, 3.63) is 289 Å². The maximum atomic E-state index is 4.85. The summed E-state index contributed by atoms with van der Waals surface area (Å²) in [5.74, 6) is 2.22. The summed E-state index contributed by atoms with van der Waals surface area (Å²) in [5, 5.41) is 0. The van der Waals surface area contributed by atoms with Crippen LogP contribution >= 0.6 is 0 Å². The first kappa shape index (κ1) is 81.8. The van der Waals surface area contributed by atoms with Crippen LogP contribution in [0.5, 0.6) is 0 Å². The number of aromatic nitrogens is 11. The van der Waals surface area contributed by atoms with Crippen LogP contribution < -0.4 is 22.8 Å². The Hall–Kier alpha value is -11.2. The fourth-order valence-electron chi connectivity index (χ4n) is 15.6. The summed E-state index contributed by atoms with van der Waals surface area (Å²) in [6.45, 7) is 46.0. The summed E-state index contributed by atoms with van der Waals surface area (Å²) in [7, 11) is 10.6. The second-order valence-corrected chi connectivity index (χ2v) is 32.7. The molecule has 11 nitrogen and oxygen atoms in total. The van der Waals surface area contributed by atoms with Crippen LogP contribution in [0, 0.1) is 102 Å². The third-order valence-electron chi connectivity index (χ3n) is 22.4. The number of para-hydroxylation sites is 4. The van der Waals surface area contributed by atoms with Crippen LogP contribution in [0.25, 0.3) is 112 Å². The molecule has 0 aliphatic carbocycles. The number of rotatable bonds is 11. The Morgan fingerprint density at radius 3 is 1.17 bits per heavy atom. The van der Waals surface area contributed by atoms with Crippen LogP contribution in [-0.2, 0) is 48.1 Å². The monoisotopic (exact) mass is 1480 g/mol. The van der Waals surface area contributed by atoms with Gasteiger partial charge in [-0.15, -0.1) is 0 Å². The summed E-state index contributed by atoms with van der Waals surface area (Å²) in [5.41, 5.74) is 45.1. The van der Waals surface area contributed by atoms with Crippen molar-refractivity contribution < 1.29 is 22.8 Å². The van der Waals surface area contributed by atoms with E-state index < -0.39 is 0 Å². The van der Waals surface area contributed by atoms with Crippen molar-refractivity contribution in [3.63, 3.8) is 0 Å². The molecular formula is C101H118N11+5. The fraction of sp³-hybridized carbons (Fsp3) is 0.317. The predicted octanol–water partition coefficient (Wildman–Crippen LogP) is 21.7. The second kappa shape index (κ2) is 35.0. The van der Waals surface area contributed by atoms with Gasteiger partial charge in [0.15, 0.2) is 16.9 Å². The van der Waals surface area contributed by atoms with Crippen molar-refractivity contribution in [2.75, 3.05) is 0 Å². The van der Waals surface area contributed by atoms with E-state index >= 15 is 0 Å². The van der Waals surface area contributed by atoms with Crippen LogP contribution in [0.2, 0.25) is 0 Å². The summed E-state index contributed by atoms with van der Waals surface area (Å²) in [4.78, 5) is 28.4. The van der Waals surface area contributed by atoms with Crippen LogP contribution in [-0.4, -0.2) is 29.9 Å². The van der Waals surface area contributed by atoms with Crippen molar-refractivity contribution in [1.29, 1.82) is 0 Å². The third-order valence-corrected chi connectivity index (χ3v) is 22.4. The van der Waals surface area contributed by atoms with Gasteiger partial charge < -0.3 is 0 Å². The molecule has 0 aliphatic rings. The van der Waals surface area contributed by atoms with E-state index in [1.807, 2.05) is 43.1 Å². The van der Waals surface area contributed by atoms with E-state index in [-0.39, 0.29) is 0 Å². The number of fused-ring (bicyclic) bond motifs is 5. The number of hydrogen-bond donors (Lipinski definition) is 0. The van der Waals surface area contributed by atoms with E-state index in [1.54, 1.807) is 0 Å². The molecule has 112 heavy (non-hydrogen) atoms. The SMILES string of the molecule is Cc1cc(C)c(C)c(-c2cnc3c(C(C)C)cccc3[n+]2C)c1.Cc1cc(C)c(C)c(-c2cnc3c(CC(C)C)cccc3[n+]2C)c1.Cc1cc(C)c(C)c(-c2cnc3ccc(C(C)C)cc3[n+]2C)c1.Cc1cc(C)c(C)c(-c2cnc3ccccc3[n+]2C)c1.Cc1ccccc1-c1cnc2ccc(CC(C)C)nc2[n+]1C. The average molecular weight is 1490 g/mol. The highest BCUT2D eigenvalue weighted by atomic mass is 15.0. The molecule has 0 atom stereocenters. The molecule has 0 saturated heterocycles. The second-order valence-electron chi connectivity index (χ2n) is 32.7. The molecule has 15 aromatic rings. The van der Waals surface area contributed by atoms with Crippen molar-refractivity contribution in [3.8, 4) is 56.3 Å². The van der Waals surface area contributed by atoms with E-state index in [0.29, 0.717) is 23.7 Å². The smallest absolute Gasteiger partial charge is 0.244 e. The molecule has 0 N–H and O–H groups in total. The summed E-state index contributed by atoms with van der Waals surface area (Å²) in [6.07, 6.45) is 12.0. The Balaban J connectivity index is 0.000000139. The van der Waals surface area contributed by atoms with Crippen LogP contribution in [0.3, 0.4) is 0 Å². The Kier molecular flexibility index (Phi) is 25.6. The van der Waals surface area contributed by atoms with E-state index in [2.05, 4.69) is 365 Å². The zero-order chi connectivity index (χ0) is 80.8. The van der Waals surface area contributed by atoms with Gasteiger partial charge in [-0.05, 0) is 240 Å². The highest BCUT2D eigenvalue weighted by Gasteiger charge is 2.26. The minimum Gasteiger partial charge on any atom is -0.244 e. The van der Waals surface area contributed by atoms with Crippen molar-refractivity contribution in [1.82, 2.24) is 29.9 Å². The van der Waals surface area contributed by atoms with E-state index in [0.717, 1.165) is 68.7 Å². The van der Waals surface area contributed by atoms with Gasteiger partial charge in [0.2, 0.25) is 44.8 Å². The zero-order valence-corrected chi connectivity index (χ0v) is 71.6. The molecule has 0 fully saturated rings. The Morgan fingerprint density at radius 1 is 0.295 bits per heavy atom. The first-order valence-corrected chi connectivity index (χ1v) is 39.9. The lowest BCUT2D eigenvalue weighted by molar-refractivity contribution is -0.636. The van der Waals surface area contributed by atoms with Crippen LogP contribution in [0.1, 0.15) is 162 Å². The highest BCUT2D eigenvalue weighted by molar-refractivity contribution is 5.80. The fourth-order valence-corrected chi connectivity index (χ4v) is 15.6. The number of hydrogen-bond acceptors (Lipinski definition) is 6. The lowest BCUT2D eigenvalue weighted by Crippen LogP contribution is -2.34. The first-order valence-electron chi connectivity index (χ1n) is 39.9. The molecule has 0 aliphatic heterocycles. The average Bonchev–Trinajstić information content (AvgIpc) is 0.804. The van der Waals surface area contributed by atoms with Gasteiger partial charge in [0.25, 0.3) is 0 Å². The third kappa shape index (κ3) is 17.9. The molecule has 0 bridgehead atoms. The number of nitrogens with zero attached hydrogens (tertiary/aromatic N) is 11. The molecule has 11 heteroatoms. The number of benzene rings is 9. The molecule has 0 unspecified atom stereocenters. The summed E-state index contributed by atoms with van der Waals surface area (Å²) < 4.78 is 11.2. The minimum absolute atomic E-state index is 0.472. The number of pyridine rings is 1. The highest BCUT2D eigenvalue weighted by Crippen LogP contribution is 2.33. The molecule has 572 valence electrons. The normalized spacial score (nSPS) is 11.3. The van der Waals surface area contributed by atoms with Crippen molar-refractivity contribution in [2.45, 2.75) is 170 Å². The van der Waals surface area contributed by atoms with Crippen molar-refractivity contribution >= 4 is 55.3 Å². The largest absolute Gasteiger partial charge is 0.349 e. The lowest BCUT2D eigenvalue weighted by atomic mass is 9.97. The van der Waals surface area contributed by atoms with Gasteiger partial charge in [-0.2, -0.15) is 18.3 Å². The maximum Gasteiger partial charge on any atom is 0.349 e. The Morgan fingerprint density at radius 2 is 0.688 bits per heavy atom. The van der Waals surface area contributed by atoms with Gasteiger partial charge in [0, 0.05) is 36.2 Å². The van der Waals surface area contributed by atoms with Gasteiger partial charge in [0.05, 0.1) is 35.5 Å². The predicted molar refractivity (Wildman–Crippen MR) is 466 cm³/mol. The summed E-state index contributed by atoms with van der Waals surface area (Å²) >= 11 is 0. The van der Waals surface area contributed by atoms with Gasteiger partial charge in [-0.3, -0.25) is 0 Å². The van der Waals surface area contributed by atoms with E-state index in [9.17, 15) is 0 Å². The molecule has 0 spiro atoms. The molecule has 0 radical (unpaired) electrons. The molecule has 6 aromatic heterocycles. The first-order chi connectivity index (χ1) is 53.3. The molecule has 6 heterocycles. The zero-order valence-electron chi connectivity index (χ0n) is 71.6. The molecule has 9 aromatic carbocycles. The van der Waals surface area contributed by atoms with Crippen molar-refractivity contribution in [2.24, 2.45) is 47.1 Å². The number of aryl methyl sites for hydroxylation is 14. The van der Waals surface area contributed by atoms with Gasteiger partial charge in [-0.25, -0.2) is 29.5 Å². The molecule has 0 amide bonds. The molecular weight excluding hydrogens is 1370 g/mol. The minimum atomic E-state index is 0.472. The van der Waals surface area contributed by atoms with Crippen LogP contribution in [0.4, 0.5) is 0 Å². The van der Waals surface area contributed by atoms with E-state index in [4.69, 9.17) is 19.9 Å². The van der Waals surface area contributed by atoms with Gasteiger partial charge >= 0.3 is 5.65 Å². The Labute approximate surface area is 667 Å². The standard InChI is InChI=1S/C22H27N2.2C21H25N2.C19H22N3.C18H19N2/c1-14(2)10-18-8-7-9-20-22(18)23-13-21(24(20)6)19-12-15(3)11-16(4)17(19)5;1-13(2)17-7-8-19-20(11-17)23(6)21(12-22-19)18-10-14(3)9-15(4)16(18)5;1-13(2)17-8-7-9-19-21(17)22-12-20(23(19)6)18-11-14(3)10-15(4)16(18)5;1-13(2)11-15-9-10-17-19(21-15)22(4)18(12-20-17)16-8-6-5-7-14(16)3;1-12-9-13(2)14(3)15(10-12)18-11-19-16-7-5-6-8-17(16)20(18)4/h7-9,11-14H,10H2,1-6H3;2*7-13H,1-6H3;5-10,12-13H,11H2,1-4H3;5-11H,1-4H3/q5*+1. The van der Waals surface area contributed by atoms with Crippen LogP contribution in [0.15, 0.2) is 195 Å². The topological polar surface area (TPSA) is 96.7 Å². The van der Waals surface area contributed by atoms with E-state index in [1.165, 1.54) is 150 Å². The summed E-state index contributed by atoms with van der Waals surface area (Å²) in [6, 6.07) is 58.4. The lowest BCUT2D eigenvalue weighted by Gasteiger charge is -2.12. The molecule has 15 rings (SSSR count). The Bertz CT molecular complexity index is 5950.